The molecule has 0 fully saturated rings. The van der Waals surface area contributed by atoms with Gasteiger partial charge in [0.25, 0.3) is 0 Å². The SMILES string of the molecule is Brc1ccc(-c2c3nc(c4ccc([nH]4)c(-c4ccccc4)c4ccc(o4)c(-c4ccccc4)c4ccc([nH]4)c4ccc2[nH]4)C=C3)cc1. The van der Waals surface area contributed by atoms with Gasteiger partial charge in [0.15, 0.2) is 0 Å². The Bertz CT molecular complexity index is 2620. The second-order valence-electron chi connectivity index (χ2n) is 11.6. The van der Waals surface area contributed by atoms with Crippen molar-refractivity contribution in [3.63, 3.8) is 0 Å². The molecule has 0 aliphatic carbocycles. The van der Waals surface area contributed by atoms with Gasteiger partial charge in [-0.2, -0.15) is 0 Å². The third-order valence-electron chi connectivity index (χ3n) is 8.68. The Balaban J connectivity index is 1.45. The van der Waals surface area contributed by atoms with Gasteiger partial charge in [-0.25, -0.2) is 4.98 Å². The van der Waals surface area contributed by atoms with E-state index in [1.54, 1.807) is 0 Å². The smallest absolute Gasteiger partial charge is 0.137 e. The minimum Gasteiger partial charge on any atom is -0.456 e. The number of nitrogens with one attached hydrogen (secondary N) is 3. The van der Waals surface area contributed by atoms with Crippen LogP contribution in [-0.4, -0.2) is 19.9 Å². The summed E-state index contributed by atoms with van der Waals surface area (Å²) in [6.45, 7) is 0. The summed E-state index contributed by atoms with van der Waals surface area (Å²) < 4.78 is 7.81. The third-order valence-corrected chi connectivity index (χ3v) is 9.21. The van der Waals surface area contributed by atoms with E-state index in [-0.39, 0.29) is 0 Å². The Morgan fingerprint density at radius 1 is 0.404 bits per heavy atom. The van der Waals surface area contributed by atoms with Crippen LogP contribution in [0.3, 0.4) is 0 Å². The number of rotatable bonds is 3. The normalized spacial score (nSPS) is 11.9. The summed E-state index contributed by atoms with van der Waals surface area (Å²) in [5.74, 6) is 0. The summed E-state index contributed by atoms with van der Waals surface area (Å²) in [6, 6.07) is 46.0. The second kappa shape index (κ2) is 11.2. The Kier molecular flexibility index (Phi) is 6.54. The van der Waals surface area contributed by atoms with Crippen LogP contribution >= 0.6 is 15.9 Å². The number of halogens is 1. The van der Waals surface area contributed by atoms with Gasteiger partial charge in [-0.1, -0.05) is 88.7 Å². The van der Waals surface area contributed by atoms with E-state index < -0.39 is 0 Å². The number of nitrogens with zero attached hydrogens (tertiary/aromatic N) is 1. The zero-order valence-electron chi connectivity index (χ0n) is 25.1. The maximum Gasteiger partial charge on any atom is 0.137 e. The molecule has 1 aliphatic rings. The van der Waals surface area contributed by atoms with Crippen molar-refractivity contribution >= 4 is 72.3 Å². The molecule has 6 heteroatoms. The van der Waals surface area contributed by atoms with Crippen molar-refractivity contribution in [2.24, 2.45) is 0 Å². The fraction of sp³-hybridized carbons (Fsp3) is 0. The van der Waals surface area contributed by atoms with Crippen LogP contribution in [0.2, 0.25) is 0 Å². The summed E-state index contributed by atoms with van der Waals surface area (Å²) in [4.78, 5) is 16.2. The lowest BCUT2D eigenvalue weighted by Crippen LogP contribution is -1.85. The zero-order chi connectivity index (χ0) is 31.3. The first-order valence-electron chi connectivity index (χ1n) is 15.5. The molecule has 9 rings (SSSR count). The van der Waals surface area contributed by atoms with Gasteiger partial charge >= 0.3 is 0 Å². The van der Waals surface area contributed by atoms with E-state index in [0.717, 1.165) is 93.5 Å². The first-order chi connectivity index (χ1) is 23.2. The highest BCUT2D eigenvalue weighted by molar-refractivity contribution is 9.10. The molecule has 3 aromatic carbocycles. The van der Waals surface area contributed by atoms with Crippen LogP contribution in [0.15, 0.2) is 142 Å². The average molecular weight is 672 g/mol. The van der Waals surface area contributed by atoms with E-state index in [1.165, 1.54) is 0 Å². The molecule has 0 radical (unpaired) electrons. The number of hydrogen-bond donors (Lipinski definition) is 3. The largest absolute Gasteiger partial charge is 0.456 e. The maximum absolute atomic E-state index is 6.78. The van der Waals surface area contributed by atoms with Crippen LogP contribution < -0.4 is 0 Å². The zero-order valence-corrected chi connectivity index (χ0v) is 26.7. The molecule has 8 aromatic rings. The molecule has 5 nitrogen and oxygen atoms in total. The standard InChI is InChI=1S/C41H27BrN4O/c42-28-13-11-27(12-14-28)39-33-19-15-29(43-33)31-17-21-35(45-31)40(25-7-3-1-4-8-25)37-23-24-38(47-37)41(26-9-5-2-6-10-26)36-22-18-32(46-36)30-16-20-34(39)44-30/h1-24,43,45-46H. The predicted molar refractivity (Wildman–Crippen MR) is 198 cm³/mol. The summed E-state index contributed by atoms with van der Waals surface area (Å²) in [6.07, 6.45) is 4.17. The van der Waals surface area contributed by atoms with Crippen molar-refractivity contribution in [3.05, 3.63) is 149 Å². The van der Waals surface area contributed by atoms with Crippen molar-refractivity contribution in [3.8, 4) is 33.4 Å². The number of benzene rings is 3. The van der Waals surface area contributed by atoms with E-state index in [4.69, 9.17) is 9.40 Å². The highest BCUT2D eigenvalue weighted by Gasteiger charge is 2.15. The van der Waals surface area contributed by atoms with Crippen LogP contribution in [0.25, 0.3) is 89.8 Å². The number of furan rings is 1. The van der Waals surface area contributed by atoms with E-state index >= 15 is 0 Å². The molecule has 0 saturated heterocycles. The van der Waals surface area contributed by atoms with Crippen LogP contribution in [-0.2, 0) is 0 Å². The first kappa shape index (κ1) is 27.5. The molecule has 47 heavy (non-hydrogen) atoms. The summed E-state index contributed by atoms with van der Waals surface area (Å²) in [7, 11) is 0. The van der Waals surface area contributed by atoms with Crippen molar-refractivity contribution in [2.45, 2.75) is 0 Å². The molecule has 6 heterocycles. The van der Waals surface area contributed by atoms with Crippen LogP contribution in [0.1, 0.15) is 11.4 Å². The summed E-state index contributed by atoms with van der Waals surface area (Å²) in [5, 5.41) is 0. The van der Waals surface area contributed by atoms with Crippen molar-refractivity contribution < 1.29 is 4.42 Å². The lowest BCUT2D eigenvalue weighted by atomic mass is 10.0. The average Bonchev–Trinajstić information content (AvgIpc) is 3.95. The molecular formula is C41H27BrN4O. The van der Waals surface area contributed by atoms with Gasteiger partial charge in [0.05, 0.1) is 39.0 Å². The van der Waals surface area contributed by atoms with Gasteiger partial charge in [-0.15, -0.1) is 0 Å². The van der Waals surface area contributed by atoms with E-state index in [9.17, 15) is 0 Å². The van der Waals surface area contributed by atoms with E-state index in [1.807, 2.05) is 12.1 Å². The Hall–Kier alpha value is -5.85. The minimum absolute atomic E-state index is 0.775. The first-order valence-corrected chi connectivity index (χ1v) is 16.3. The minimum atomic E-state index is 0.775. The highest BCUT2D eigenvalue weighted by atomic mass is 79.9. The maximum atomic E-state index is 6.78. The van der Waals surface area contributed by atoms with E-state index in [2.05, 4.69) is 164 Å². The topological polar surface area (TPSA) is 73.4 Å². The van der Waals surface area contributed by atoms with Crippen LogP contribution in [0, 0.1) is 0 Å². The van der Waals surface area contributed by atoms with Crippen LogP contribution in [0.5, 0.6) is 0 Å². The quantitative estimate of drug-likeness (QED) is 0.175. The van der Waals surface area contributed by atoms with Gasteiger partial charge in [-0.3, -0.25) is 0 Å². The van der Waals surface area contributed by atoms with Crippen molar-refractivity contribution in [2.75, 3.05) is 0 Å². The Morgan fingerprint density at radius 3 is 1.43 bits per heavy atom. The number of fused-ring (bicyclic) bond motifs is 12. The van der Waals surface area contributed by atoms with E-state index in [0.29, 0.717) is 0 Å². The molecule has 0 spiro atoms. The number of H-pyrrole nitrogens is 3. The molecule has 3 N–H and O–H groups in total. The molecule has 1 aliphatic heterocycles. The highest BCUT2D eigenvalue weighted by Crippen LogP contribution is 2.36. The lowest BCUT2D eigenvalue weighted by molar-refractivity contribution is 0.668. The molecule has 0 saturated carbocycles. The van der Waals surface area contributed by atoms with Gasteiger partial charge in [0, 0.05) is 26.7 Å². The molecule has 5 aromatic heterocycles. The van der Waals surface area contributed by atoms with Crippen LogP contribution in [0.4, 0.5) is 0 Å². The van der Waals surface area contributed by atoms with Gasteiger partial charge in [-0.05, 0) is 89.5 Å². The predicted octanol–water partition coefficient (Wildman–Crippen LogP) is 11.8. The monoisotopic (exact) mass is 670 g/mol. The fourth-order valence-corrected chi connectivity index (χ4v) is 6.74. The Morgan fingerprint density at radius 2 is 0.851 bits per heavy atom. The fourth-order valence-electron chi connectivity index (χ4n) is 6.47. The van der Waals surface area contributed by atoms with Crippen molar-refractivity contribution in [1.29, 1.82) is 0 Å². The molecule has 224 valence electrons. The molecule has 0 amide bonds. The molecule has 0 unspecified atom stereocenters. The number of hydrogen-bond acceptors (Lipinski definition) is 2. The lowest BCUT2D eigenvalue weighted by Gasteiger charge is -2.04. The molecule has 10 bridgehead atoms. The van der Waals surface area contributed by atoms with Gasteiger partial charge < -0.3 is 19.4 Å². The number of aromatic amines is 3. The third kappa shape index (κ3) is 4.90. The molecule has 0 atom stereocenters. The summed E-state index contributed by atoms with van der Waals surface area (Å²) in [5.41, 5.74) is 15.3. The second-order valence-corrected chi connectivity index (χ2v) is 12.5. The van der Waals surface area contributed by atoms with Gasteiger partial charge in [0.2, 0.25) is 0 Å². The molecular weight excluding hydrogens is 644 g/mol. The summed E-state index contributed by atoms with van der Waals surface area (Å²) >= 11 is 3.60. The van der Waals surface area contributed by atoms with Gasteiger partial charge in [0.1, 0.15) is 11.2 Å². The van der Waals surface area contributed by atoms with Crippen molar-refractivity contribution in [1.82, 2.24) is 19.9 Å². The number of aromatic nitrogens is 4. The Labute approximate surface area is 278 Å².